The summed E-state index contributed by atoms with van der Waals surface area (Å²) < 4.78 is 0. The second-order valence-corrected chi connectivity index (χ2v) is 7.53. The first-order valence-electron chi connectivity index (χ1n) is 9.90. The molecule has 1 saturated heterocycles. The lowest BCUT2D eigenvalue weighted by atomic mass is 10.0. The Bertz CT molecular complexity index is 856. The van der Waals surface area contributed by atoms with E-state index >= 15 is 0 Å². The van der Waals surface area contributed by atoms with Crippen LogP contribution in [0.25, 0.3) is 0 Å². The van der Waals surface area contributed by atoms with Gasteiger partial charge in [0, 0.05) is 44.7 Å². The number of aromatic nitrogens is 2. The summed E-state index contributed by atoms with van der Waals surface area (Å²) in [5, 5.41) is 16.9. The molecule has 1 aromatic heterocycles. The van der Waals surface area contributed by atoms with Crippen LogP contribution < -0.4 is 16.0 Å². The van der Waals surface area contributed by atoms with Crippen molar-refractivity contribution in [2.24, 2.45) is 5.92 Å². The number of carbonyl (C=O) groups excluding carboxylic acids is 2. The maximum absolute atomic E-state index is 13.1. The Labute approximate surface area is 171 Å². The minimum Gasteiger partial charge on any atom is -0.341 e. The molecule has 1 aliphatic rings. The van der Waals surface area contributed by atoms with E-state index in [4.69, 9.17) is 0 Å². The van der Waals surface area contributed by atoms with E-state index < -0.39 is 0 Å². The van der Waals surface area contributed by atoms with E-state index in [1.54, 1.807) is 6.07 Å². The summed E-state index contributed by atoms with van der Waals surface area (Å²) >= 11 is 0. The van der Waals surface area contributed by atoms with E-state index in [1.165, 1.54) is 7.05 Å². The van der Waals surface area contributed by atoms with Crippen LogP contribution in [0.5, 0.6) is 0 Å². The van der Waals surface area contributed by atoms with E-state index in [2.05, 4.69) is 40.0 Å². The summed E-state index contributed by atoms with van der Waals surface area (Å²) in [6, 6.07) is 11.5. The highest BCUT2D eigenvalue weighted by molar-refractivity contribution is 5.93. The fourth-order valence-electron chi connectivity index (χ4n) is 3.33. The second kappa shape index (κ2) is 9.47. The largest absolute Gasteiger partial charge is 0.341 e. The molecule has 3 N–H and O–H groups in total. The molecular formula is C21H28N6O2. The van der Waals surface area contributed by atoms with Gasteiger partial charge in [-0.25, -0.2) is 4.79 Å². The normalized spacial score (nSPS) is 16.6. The minimum atomic E-state index is -0.380. The number of urea groups is 1. The third kappa shape index (κ3) is 5.29. The molecule has 1 atom stereocenters. The molecule has 3 amide bonds. The van der Waals surface area contributed by atoms with Crippen LogP contribution in [0.3, 0.4) is 0 Å². The molecule has 2 heterocycles. The van der Waals surface area contributed by atoms with Gasteiger partial charge in [0.2, 0.25) is 0 Å². The topological polar surface area (TPSA) is 99.2 Å². The third-order valence-corrected chi connectivity index (χ3v) is 5.09. The van der Waals surface area contributed by atoms with Gasteiger partial charge in [0.25, 0.3) is 5.91 Å². The molecule has 1 fully saturated rings. The lowest BCUT2D eigenvalue weighted by molar-refractivity contribution is 0.0676. The molecule has 154 valence electrons. The predicted octanol–water partition coefficient (Wildman–Crippen LogP) is 1.89. The van der Waals surface area contributed by atoms with Gasteiger partial charge >= 0.3 is 6.03 Å². The molecule has 0 spiro atoms. The van der Waals surface area contributed by atoms with Crippen molar-refractivity contribution in [1.29, 1.82) is 0 Å². The summed E-state index contributed by atoms with van der Waals surface area (Å²) in [7, 11) is 1.53. The molecule has 29 heavy (non-hydrogen) atoms. The van der Waals surface area contributed by atoms with Gasteiger partial charge in [-0.3, -0.25) is 10.1 Å². The van der Waals surface area contributed by atoms with E-state index in [9.17, 15) is 9.59 Å². The first-order chi connectivity index (χ1) is 14.0. The Morgan fingerprint density at radius 3 is 2.69 bits per heavy atom. The maximum atomic E-state index is 13.1. The van der Waals surface area contributed by atoms with Gasteiger partial charge in [-0.1, -0.05) is 44.2 Å². The average molecular weight is 396 g/mol. The number of rotatable bonds is 5. The Balaban J connectivity index is 1.86. The summed E-state index contributed by atoms with van der Waals surface area (Å²) in [5.41, 5.74) is 2.09. The van der Waals surface area contributed by atoms with Crippen molar-refractivity contribution in [1.82, 2.24) is 25.7 Å². The van der Waals surface area contributed by atoms with Crippen LogP contribution in [-0.4, -0.2) is 59.8 Å². The van der Waals surface area contributed by atoms with Gasteiger partial charge in [0.15, 0.2) is 11.5 Å². The molecule has 1 aromatic carbocycles. The van der Waals surface area contributed by atoms with Crippen LogP contribution in [0.4, 0.5) is 10.6 Å². The Morgan fingerprint density at radius 1 is 1.24 bits per heavy atom. The Hall–Kier alpha value is -3.00. The summed E-state index contributed by atoms with van der Waals surface area (Å²) in [4.78, 5) is 26.7. The Kier molecular flexibility index (Phi) is 6.77. The molecule has 0 saturated carbocycles. The predicted molar refractivity (Wildman–Crippen MR) is 112 cm³/mol. The minimum absolute atomic E-state index is 0.134. The number of anilines is 1. The number of piperazine rings is 1. The quantitative estimate of drug-likeness (QED) is 0.717. The number of nitrogens with one attached hydrogen (secondary N) is 3. The van der Waals surface area contributed by atoms with Crippen molar-refractivity contribution in [2.75, 3.05) is 32.0 Å². The highest BCUT2D eigenvalue weighted by atomic mass is 16.2. The van der Waals surface area contributed by atoms with E-state index in [0.29, 0.717) is 36.9 Å². The average Bonchev–Trinajstić information content (AvgIpc) is 2.75. The highest BCUT2D eigenvalue weighted by Gasteiger charge is 2.27. The SMILES string of the molecule is CNC(=O)Nc1nnc(C(=O)N2CCN[C@@H](C(C)C)C2)cc1Cc1ccccc1. The van der Waals surface area contributed by atoms with Crippen molar-refractivity contribution in [3.8, 4) is 0 Å². The number of nitrogens with zero attached hydrogens (tertiary/aromatic N) is 3. The smallest absolute Gasteiger partial charge is 0.320 e. The molecule has 0 radical (unpaired) electrons. The van der Waals surface area contributed by atoms with Crippen LogP contribution >= 0.6 is 0 Å². The van der Waals surface area contributed by atoms with Gasteiger partial charge in [-0.15, -0.1) is 10.2 Å². The second-order valence-electron chi connectivity index (χ2n) is 7.53. The summed E-state index contributed by atoms with van der Waals surface area (Å²) in [5.74, 6) is 0.653. The van der Waals surface area contributed by atoms with Crippen LogP contribution in [0.2, 0.25) is 0 Å². The van der Waals surface area contributed by atoms with Gasteiger partial charge in [-0.2, -0.15) is 0 Å². The van der Waals surface area contributed by atoms with Gasteiger partial charge in [0.1, 0.15) is 0 Å². The van der Waals surface area contributed by atoms with Crippen molar-refractivity contribution in [3.05, 3.63) is 53.2 Å². The number of hydrogen-bond donors (Lipinski definition) is 3. The van der Waals surface area contributed by atoms with E-state index in [1.807, 2.05) is 35.2 Å². The first-order valence-corrected chi connectivity index (χ1v) is 9.90. The zero-order valence-corrected chi connectivity index (χ0v) is 17.1. The van der Waals surface area contributed by atoms with Crippen LogP contribution in [0.15, 0.2) is 36.4 Å². The van der Waals surface area contributed by atoms with Crippen molar-refractivity contribution in [3.63, 3.8) is 0 Å². The zero-order valence-electron chi connectivity index (χ0n) is 17.1. The number of carbonyl (C=O) groups is 2. The molecule has 8 nitrogen and oxygen atoms in total. The lowest BCUT2D eigenvalue weighted by Crippen LogP contribution is -2.54. The molecule has 1 aliphatic heterocycles. The van der Waals surface area contributed by atoms with E-state index in [0.717, 1.165) is 17.7 Å². The molecule has 2 aromatic rings. The monoisotopic (exact) mass is 396 g/mol. The number of benzene rings is 1. The zero-order chi connectivity index (χ0) is 20.8. The van der Waals surface area contributed by atoms with Crippen molar-refractivity contribution in [2.45, 2.75) is 26.3 Å². The Morgan fingerprint density at radius 2 is 2.00 bits per heavy atom. The molecule has 0 unspecified atom stereocenters. The first kappa shape index (κ1) is 20.7. The van der Waals surface area contributed by atoms with Crippen LogP contribution in [-0.2, 0) is 6.42 Å². The van der Waals surface area contributed by atoms with Gasteiger partial charge < -0.3 is 15.5 Å². The molecule has 0 bridgehead atoms. The molecule has 3 rings (SSSR count). The third-order valence-electron chi connectivity index (χ3n) is 5.09. The van der Waals surface area contributed by atoms with Gasteiger partial charge in [0.05, 0.1) is 0 Å². The van der Waals surface area contributed by atoms with Crippen molar-refractivity contribution < 1.29 is 9.59 Å². The standard InChI is InChI=1S/C21H28N6O2/c1-14(2)18-13-27(10-9-23-18)20(28)17-12-16(11-15-7-5-4-6-8-15)19(26-25-17)24-21(29)22-3/h4-8,12,14,18,23H,9-11,13H2,1-3H3,(H2,22,24,26,29)/t18-/m1/s1. The van der Waals surface area contributed by atoms with Crippen LogP contribution in [0, 0.1) is 5.92 Å². The fraction of sp³-hybridized carbons (Fsp3) is 0.429. The number of hydrogen-bond acceptors (Lipinski definition) is 5. The molecule has 0 aliphatic carbocycles. The van der Waals surface area contributed by atoms with Gasteiger partial charge in [-0.05, 0) is 17.5 Å². The number of amides is 3. The molecular weight excluding hydrogens is 368 g/mol. The highest BCUT2D eigenvalue weighted by Crippen LogP contribution is 2.19. The lowest BCUT2D eigenvalue weighted by Gasteiger charge is -2.35. The maximum Gasteiger partial charge on any atom is 0.320 e. The summed E-state index contributed by atoms with van der Waals surface area (Å²) in [6.07, 6.45) is 0.534. The fourth-order valence-corrected chi connectivity index (χ4v) is 3.33. The van der Waals surface area contributed by atoms with Crippen LogP contribution in [0.1, 0.15) is 35.5 Å². The van der Waals surface area contributed by atoms with Crippen molar-refractivity contribution >= 4 is 17.8 Å². The summed E-state index contributed by atoms with van der Waals surface area (Å²) in [6.45, 7) is 6.32. The van der Waals surface area contributed by atoms with E-state index in [-0.39, 0.29) is 18.0 Å². The molecule has 8 heteroatoms.